The van der Waals surface area contributed by atoms with Crippen LogP contribution in [0.4, 0.5) is 5.69 Å². The minimum atomic E-state index is -3.56. The van der Waals surface area contributed by atoms with Crippen LogP contribution in [0.5, 0.6) is 0 Å². The summed E-state index contributed by atoms with van der Waals surface area (Å²) in [7, 11) is -3.56. The van der Waals surface area contributed by atoms with Gasteiger partial charge in [-0.2, -0.15) is 0 Å². The van der Waals surface area contributed by atoms with Crippen LogP contribution >= 0.6 is 0 Å². The normalized spacial score (nSPS) is 15.5. The molecule has 2 N–H and O–H groups in total. The van der Waals surface area contributed by atoms with Gasteiger partial charge in [-0.1, -0.05) is 12.1 Å². The topological polar surface area (TPSA) is 66.4 Å². The van der Waals surface area contributed by atoms with Crippen molar-refractivity contribution in [3.05, 3.63) is 36.8 Å². The third-order valence-corrected chi connectivity index (χ3v) is 4.35. The van der Waals surface area contributed by atoms with Gasteiger partial charge in [0, 0.05) is 5.69 Å². The van der Waals surface area contributed by atoms with Crippen molar-refractivity contribution in [1.82, 2.24) is 0 Å². The molecule has 0 saturated heterocycles. The molecule has 1 radical (unpaired) electrons. The van der Waals surface area contributed by atoms with Crippen LogP contribution in [0.3, 0.4) is 0 Å². The molecule has 0 amide bonds. The molecule has 5 heteroatoms. The molecule has 1 aromatic rings. The van der Waals surface area contributed by atoms with E-state index in [2.05, 4.69) is 12.2 Å². The Hall–Kier alpha value is -1.07. The Morgan fingerprint density at radius 1 is 1.25 bits per heavy atom. The van der Waals surface area contributed by atoms with Crippen LogP contribution in [-0.2, 0) is 9.84 Å². The molecule has 89 valence electrons. The van der Waals surface area contributed by atoms with Gasteiger partial charge >= 0.3 is 0 Å². The molecule has 0 fully saturated rings. The number of hydrogen-bond donors (Lipinski definition) is 2. The Morgan fingerprint density at radius 3 is 2.19 bits per heavy atom. The van der Waals surface area contributed by atoms with Crippen LogP contribution in [0, 0.1) is 6.92 Å². The minimum absolute atomic E-state index is 0.684. The van der Waals surface area contributed by atoms with E-state index in [0.29, 0.717) is 5.69 Å². The number of aliphatic hydroxyl groups is 1. The number of aliphatic hydroxyl groups excluding tert-OH is 1. The number of benzene rings is 1. The molecule has 2 unspecified atom stereocenters. The van der Waals surface area contributed by atoms with Gasteiger partial charge in [0.1, 0.15) is 5.37 Å². The van der Waals surface area contributed by atoms with Gasteiger partial charge in [0.25, 0.3) is 0 Å². The summed E-state index contributed by atoms with van der Waals surface area (Å²) in [6, 6.07) is 7.06. The SMILES string of the molecule is [CH2]c1ccc(NC(C)S(=O)(=O)C(C)O)cc1. The average molecular weight is 242 g/mol. The first kappa shape index (κ1) is 13.0. The summed E-state index contributed by atoms with van der Waals surface area (Å²) in [4.78, 5) is 0. The molecule has 0 heterocycles. The number of sulfone groups is 1. The van der Waals surface area contributed by atoms with E-state index < -0.39 is 20.6 Å². The lowest BCUT2D eigenvalue weighted by Gasteiger charge is -2.17. The second-order valence-electron chi connectivity index (χ2n) is 3.67. The van der Waals surface area contributed by atoms with Crippen molar-refractivity contribution < 1.29 is 13.5 Å². The monoisotopic (exact) mass is 242 g/mol. The number of rotatable bonds is 4. The van der Waals surface area contributed by atoms with Crippen LogP contribution in [0.25, 0.3) is 0 Å². The highest BCUT2D eigenvalue weighted by atomic mass is 32.2. The maximum Gasteiger partial charge on any atom is 0.196 e. The summed E-state index contributed by atoms with van der Waals surface area (Å²) in [6.07, 6.45) is 0. The number of hydrogen-bond acceptors (Lipinski definition) is 4. The maximum atomic E-state index is 11.6. The van der Waals surface area contributed by atoms with Crippen LogP contribution in [0.1, 0.15) is 19.4 Å². The van der Waals surface area contributed by atoms with Crippen molar-refractivity contribution in [2.45, 2.75) is 24.7 Å². The van der Waals surface area contributed by atoms with Gasteiger partial charge < -0.3 is 10.4 Å². The molecular formula is C11H16NO3S. The minimum Gasteiger partial charge on any atom is -0.377 e. The zero-order valence-electron chi connectivity index (χ0n) is 9.34. The molecule has 0 aliphatic heterocycles. The van der Waals surface area contributed by atoms with Gasteiger partial charge in [-0.3, -0.25) is 0 Å². The highest BCUT2D eigenvalue weighted by Crippen LogP contribution is 2.14. The summed E-state index contributed by atoms with van der Waals surface area (Å²) < 4.78 is 23.2. The summed E-state index contributed by atoms with van der Waals surface area (Å²) in [5.41, 5.74) is 0.169. The molecule has 1 rings (SSSR count). The Balaban J connectivity index is 2.79. The number of nitrogens with one attached hydrogen (secondary N) is 1. The van der Waals surface area contributed by atoms with E-state index >= 15 is 0 Å². The third-order valence-electron chi connectivity index (χ3n) is 2.29. The zero-order chi connectivity index (χ0) is 12.3. The van der Waals surface area contributed by atoms with Crippen molar-refractivity contribution in [2.24, 2.45) is 0 Å². The van der Waals surface area contributed by atoms with Gasteiger partial charge in [0.05, 0.1) is 0 Å². The van der Waals surface area contributed by atoms with E-state index in [4.69, 9.17) is 5.11 Å². The van der Waals surface area contributed by atoms with Crippen LogP contribution < -0.4 is 5.32 Å². The lowest BCUT2D eigenvalue weighted by Crippen LogP contribution is -2.33. The first-order valence-corrected chi connectivity index (χ1v) is 6.54. The van der Waals surface area contributed by atoms with Crippen LogP contribution in [0.15, 0.2) is 24.3 Å². The van der Waals surface area contributed by atoms with Gasteiger partial charge in [-0.25, -0.2) is 8.42 Å². The van der Waals surface area contributed by atoms with E-state index in [1.807, 2.05) is 0 Å². The molecular weight excluding hydrogens is 226 g/mol. The quantitative estimate of drug-likeness (QED) is 0.837. The lowest BCUT2D eigenvalue weighted by atomic mass is 10.2. The van der Waals surface area contributed by atoms with Gasteiger partial charge in [0.15, 0.2) is 15.3 Å². The van der Waals surface area contributed by atoms with Crippen molar-refractivity contribution in [1.29, 1.82) is 0 Å². The van der Waals surface area contributed by atoms with Crippen molar-refractivity contribution in [3.8, 4) is 0 Å². The van der Waals surface area contributed by atoms with E-state index in [0.717, 1.165) is 5.56 Å². The molecule has 0 aliphatic carbocycles. The zero-order valence-corrected chi connectivity index (χ0v) is 10.2. The highest BCUT2D eigenvalue weighted by molar-refractivity contribution is 7.92. The predicted octanol–water partition coefficient (Wildman–Crippen LogP) is 1.38. The Morgan fingerprint density at radius 2 is 1.75 bits per heavy atom. The van der Waals surface area contributed by atoms with Crippen LogP contribution in [-0.4, -0.2) is 24.3 Å². The van der Waals surface area contributed by atoms with E-state index in [1.54, 1.807) is 24.3 Å². The summed E-state index contributed by atoms with van der Waals surface area (Å²) >= 11 is 0. The van der Waals surface area contributed by atoms with Gasteiger partial charge in [0.2, 0.25) is 0 Å². The molecule has 0 spiro atoms. The largest absolute Gasteiger partial charge is 0.377 e. The standard InChI is InChI=1S/C11H16NO3S/c1-8-4-6-11(7-5-8)12-9(2)16(14,15)10(3)13/h4-7,9-10,12-13H,1H2,2-3H3. The van der Waals surface area contributed by atoms with Crippen molar-refractivity contribution >= 4 is 15.5 Å². The predicted molar refractivity (Wildman–Crippen MR) is 64.6 cm³/mol. The smallest absolute Gasteiger partial charge is 0.196 e. The van der Waals surface area contributed by atoms with E-state index in [9.17, 15) is 8.42 Å². The second-order valence-corrected chi connectivity index (χ2v) is 6.24. The molecule has 1 aromatic carbocycles. The Bertz CT molecular complexity index is 437. The molecule has 0 aliphatic rings. The molecule has 0 aromatic heterocycles. The fraction of sp³-hybridized carbons (Fsp3) is 0.364. The Labute approximate surface area is 96.2 Å². The van der Waals surface area contributed by atoms with E-state index in [1.165, 1.54) is 13.8 Å². The molecule has 0 saturated carbocycles. The maximum absolute atomic E-state index is 11.6. The first-order chi connectivity index (χ1) is 7.34. The first-order valence-electron chi connectivity index (χ1n) is 4.93. The van der Waals surface area contributed by atoms with E-state index in [-0.39, 0.29) is 0 Å². The Kier molecular flexibility index (Phi) is 3.93. The summed E-state index contributed by atoms with van der Waals surface area (Å²) in [6.45, 7) is 6.47. The second kappa shape index (κ2) is 4.84. The summed E-state index contributed by atoms with van der Waals surface area (Å²) in [5.74, 6) is 0. The fourth-order valence-electron chi connectivity index (χ4n) is 1.21. The van der Waals surface area contributed by atoms with Gasteiger partial charge in [-0.15, -0.1) is 0 Å². The number of anilines is 1. The van der Waals surface area contributed by atoms with Gasteiger partial charge in [-0.05, 0) is 38.5 Å². The molecule has 16 heavy (non-hydrogen) atoms. The van der Waals surface area contributed by atoms with Crippen molar-refractivity contribution in [3.63, 3.8) is 0 Å². The van der Waals surface area contributed by atoms with Crippen LogP contribution in [0.2, 0.25) is 0 Å². The van der Waals surface area contributed by atoms with Crippen molar-refractivity contribution in [2.75, 3.05) is 5.32 Å². The third kappa shape index (κ3) is 2.96. The molecule has 4 nitrogen and oxygen atoms in total. The summed E-state index contributed by atoms with van der Waals surface area (Å²) in [5, 5.41) is 11.1. The highest BCUT2D eigenvalue weighted by Gasteiger charge is 2.25. The molecule has 2 atom stereocenters. The lowest BCUT2D eigenvalue weighted by molar-refractivity contribution is 0.267. The average Bonchev–Trinajstić information content (AvgIpc) is 2.21. The molecule has 0 bridgehead atoms. The fourth-order valence-corrected chi connectivity index (χ4v) is 2.10.